The second kappa shape index (κ2) is 8.07. The third-order valence-corrected chi connectivity index (χ3v) is 6.39. The Morgan fingerprint density at radius 1 is 1.10 bits per heavy atom. The lowest BCUT2D eigenvalue weighted by Crippen LogP contribution is -2.50. The maximum absolute atomic E-state index is 12.9. The van der Waals surface area contributed by atoms with Crippen molar-refractivity contribution in [3.63, 3.8) is 0 Å². The number of amides is 5. The van der Waals surface area contributed by atoms with Crippen molar-refractivity contribution in [2.45, 2.75) is 23.8 Å². The summed E-state index contributed by atoms with van der Waals surface area (Å²) in [6.07, 6.45) is 1.98. The van der Waals surface area contributed by atoms with Gasteiger partial charge in [-0.3, -0.25) is 19.8 Å². The molecule has 0 spiro atoms. The average Bonchev–Trinajstić information content (AvgIpc) is 3.28. The van der Waals surface area contributed by atoms with E-state index in [4.69, 9.17) is 0 Å². The van der Waals surface area contributed by atoms with Gasteiger partial charge in [-0.15, -0.1) is 11.8 Å². The predicted octanol–water partition coefficient (Wildman–Crippen LogP) is 2.26. The summed E-state index contributed by atoms with van der Waals surface area (Å²) in [4.78, 5) is 53.3. The van der Waals surface area contributed by atoms with Gasteiger partial charge in [0.25, 0.3) is 5.91 Å². The quantitative estimate of drug-likeness (QED) is 0.551. The van der Waals surface area contributed by atoms with Crippen LogP contribution in [0.2, 0.25) is 0 Å². The van der Waals surface area contributed by atoms with Gasteiger partial charge in [0.1, 0.15) is 5.54 Å². The summed E-state index contributed by atoms with van der Waals surface area (Å²) in [6.45, 7) is 1.77. The van der Waals surface area contributed by atoms with E-state index in [1.807, 2.05) is 36.6 Å². The molecule has 0 radical (unpaired) electrons. The molecule has 4 rings (SSSR count). The number of anilines is 1. The molecule has 2 aromatic carbocycles. The molecule has 0 bridgehead atoms. The molecule has 2 saturated heterocycles. The van der Waals surface area contributed by atoms with Gasteiger partial charge in [-0.2, -0.15) is 5.01 Å². The van der Waals surface area contributed by atoms with Gasteiger partial charge < -0.3 is 10.2 Å². The molecule has 2 aliphatic rings. The molecule has 0 aliphatic carbocycles. The first-order valence-corrected chi connectivity index (χ1v) is 11.0. The zero-order valence-corrected chi connectivity index (χ0v) is 17.9. The van der Waals surface area contributed by atoms with Crippen LogP contribution >= 0.6 is 11.8 Å². The highest BCUT2D eigenvalue weighted by Gasteiger charge is 2.50. The van der Waals surface area contributed by atoms with Gasteiger partial charge in [0, 0.05) is 23.5 Å². The summed E-state index contributed by atoms with van der Waals surface area (Å²) in [6, 6.07) is 15.6. The van der Waals surface area contributed by atoms with E-state index in [0.29, 0.717) is 16.3 Å². The standard InChI is InChI=1S/C22H22N4O4S/c1-22(15-6-4-3-5-7-15)20(29)26(21(30)23-22)24-19(28)14-12-18(27)25(13-14)16-8-10-17(31-2)11-9-16/h3-11,14H,12-13H2,1-2H3,(H,23,30)(H,24,28)/t14-,22-/m0/s1. The maximum Gasteiger partial charge on any atom is 0.344 e. The molecule has 160 valence electrons. The highest BCUT2D eigenvalue weighted by atomic mass is 32.2. The molecule has 0 saturated carbocycles. The molecular formula is C22H22N4O4S. The van der Waals surface area contributed by atoms with E-state index in [9.17, 15) is 19.2 Å². The number of rotatable bonds is 5. The van der Waals surface area contributed by atoms with Crippen LogP contribution in [0.5, 0.6) is 0 Å². The summed E-state index contributed by atoms with van der Waals surface area (Å²) in [5.74, 6) is -1.97. The summed E-state index contributed by atoms with van der Waals surface area (Å²) >= 11 is 1.60. The van der Waals surface area contributed by atoms with Gasteiger partial charge in [0.05, 0.1) is 5.92 Å². The SMILES string of the molecule is CSc1ccc(N2C[C@@H](C(=O)NN3C(=O)N[C@@](C)(c4ccccc4)C3=O)CC2=O)cc1. The normalized spacial score (nSPS) is 23.3. The highest BCUT2D eigenvalue weighted by Crippen LogP contribution is 2.29. The number of hydrogen-bond acceptors (Lipinski definition) is 5. The van der Waals surface area contributed by atoms with Crippen molar-refractivity contribution in [2.24, 2.45) is 5.92 Å². The van der Waals surface area contributed by atoms with Crippen LogP contribution in [0.1, 0.15) is 18.9 Å². The molecule has 9 heteroatoms. The summed E-state index contributed by atoms with van der Waals surface area (Å²) in [5.41, 5.74) is 2.46. The Bertz CT molecular complexity index is 1040. The van der Waals surface area contributed by atoms with Crippen LogP contribution in [-0.2, 0) is 19.9 Å². The highest BCUT2D eigenvalue weighted by molar-refractivity contribution is 7.98. The number of thioether (sulfide) groups is 1. The van der Waals surface area contributed by atoms with Crippen LogP contribution in [0, 0.1) is 5.92 Å². The van der Waals surface area contributed by atoms with Gasteiger partial charge in [-0.25, -0.2) is 4.79 Å². The number of hydrogen-bond donors (Lipinski definition) is 2. The summed E-state index contributed by atoms with van der Waals surface area (Å²) < 4.78 is 0. The van der Waals surface area contributed by atoms with E-state index in [1.54, 1.807) is 47.9 Å². The average molecular weight is 439 g/mol. The molecule has 31 heavy (non-hydrogen) atoms. The molecule has 2 N–H and O–H groups in total. The minimum absolute atomic E-state index is 0.00964. The second-order valence-electron chi connectivity index (χ2n) is 7.64. The van der Waals surface area contributed by atoms with Gasteiger partial charge in [-0.1, -0.05) is 30.3 Å². The molecule has 2 atom stereocenters. The maximum atomic E-state index is 12.9. The third kappa shape index (κ3) is 3.76. The molecule has 2 fully saturated rings. The first-order chi connectivity index (χ1) is 14.8. The van der Waals surface area contributed by atoms with Crippen molar-refractivity contribution >= 4 is 41.2 Å². The fourth-order valence-corrected chi connectivity index (χ4v) is 4.21. The fraction of sp³-hybridized carbons (Fsp3) is 0.273. The van der Waals surface area contributed by atoms with E-state index < -0.39 is 29.3 Å². The minimum atomic E-state index is -1.28. The molecule has 5 amide bonds. The molecule has 2 aromatic rings. The zero-order chi connectivity index (χ0) is 22.2. The third-order valence-electron chi connectivity index (χ3n) is 5.64. The molecule has 2 heterocycles. The number of imide groups is 1. The van der Waals surface area contributed by atoms with E-state index >= 15 is 0 Å². The van der Waals surface area contributed by atoms with Crippen LogP contribution in [0.4, 0.5) is 10.5 Å². The van der Waals surface area contributed by atoms with E-state index in [1.165, 1.54) is 0 Å². The van der Waals surface area contributed by atoms with Gasteiger partial charge in [0.15, 0.2) is 0 Å². The van der Waals surface area contributed by atoms with Crippen LogP contribution in [0.15, 0.2) is 59.5 Å². The molecule has 8 nitrogen and oxygen atoms in total. The molecule has 2 aliphatic heterocycles. The zero-order valence-electron chi connectivity index (χ0n) is 17.1. The van der Waals surface area contributed by atoms with Crippen LogP contribution in [-0.4, -0.2) is 41.6 Å². The number of nitrogens with zero attached hydrogens (tertiary/aromatic N) is 2. The Morgan fingerprint density at radius 3 is 2.42 bits per heavy atom. The lowest BCUT2D eigenvalue weighted by molar-refractivity contribution is -0.140. The van der Waals surface area contributed by atoms with Crippen molar-refractivity contribution in [2.75, 3.05) is 17.7 Å². The monoisotopic (exact) mass is 438 g/mol. The van der Waals surface area contributed by atoms with Crippen molar-refractivity contribution in [3.05, 3.63) is 60.2 Å². The van der Waals surface area contributed by atoms with Crippen LogP contribution in [0.25, 0.3) is 0 Å². The largest absolute Gasteiger partial charge is 0.344 e. The predicted molar refractivity (Wildman–Crippen MR) is 116 cm³/mol. The first-order valence-electron chi connectivity index (χ1n) is 9.80. The number of carbonyl (C=O) groups excluding carboxylic acids is 4. The van der Waals surface area contributed by atoms with Crippen molar-refractivity contribution in [1.29, 1.82) is 0 Å². The van der Waals surface area contributed by atoms with Gasteiger partial charge in [0.2, 0.25) is 11.8 Å². The van der Waals surface area contributed by atoms with Crippen molar-refractivity contribution in [3.8, 4) is 0 Å². The van der Waals surface area contributed by atoms with Crippen LogP contribution < -0.4 is 15.6 Å². The van der Waals surface area contributed by atoms with E-state index in [-0.39, 0.29) is 18.9 Å². The number of benzene rings is 2. The number of carbonyl (C=O) groups is 4. The Balaban J connectivity index is 1.45. The number of hydrazine groups is 1. The lowest BCUT2D eigenvalue weighted by atomic mass is 9.92. The lowest BCUT2D eigenvalue weighted by Gasteiger charge is -2.22. The Labute approximate surface area is 183 Å². The Morgan fingerprint density at radius 2 is 1.77 bits per heavy atom. The van der Waals surface area contributed by atoms with E-state index in [0.717, 1.165) is 4.90 Å². The van der Waals surface area contributed by atoms with Crippen LogP contribution in [0.3, 0.4) is 0 Å². The molecular weight excluding hydrogens is 416 g/mol. The second-order valence-corrected chi connectivity index (χ2v) is 8.52. The van der Waals surface area contributed by atoms with E-state index in [2.05, 4.69) is 10.7 Å². The molecule has 0 unspecified atom stereocenters. The summed E-state index contributed by atoms with van der Waals surface area (Å²) in [5, 5.41) is 3.34. The van der Waals surface area contributed by atoms with Gasteiger partial charge in [-0.05, 0) is 43.0 Å². The first kappa shape index (κ1) is 20.9. The topological polar surface area (TPSA) is 98.8 Å². The number of nitrogens with one attached hydrogen (secondary N) is 2. The smallest absolute Gasteiger partial charge is 0.318 e. The van der Waals surface area contributed by atoms with Gasteiger partial charge >= 0.3 is 6.03 Å². The minimum Gasteiger partial charge on any atom is -0.318 e. The van der Waals surface area contributed by atoms with Crippen molar-refractivity contribution < 1.29 is 19.2 Å². The Kier molecular flexibility index (Phi) is 5.45. The Hall–Kier alpha value is -3.33. The number of urea groups is 1. The molecule has 0 aromatic heterocycles. The fourth-order valence-electron chi connectivity index (χ4n) is 3.80. The van der Waals surface area contributed by atoms with Crippen molar-refractivity contribution in [1.82, 2.24) is 15.8 Å². The summed E-state index contributed by atoms with van der Waals surface area (Å²) in [7, 11) is 0.